The molecule has 2 rings (SSSR count). The van der Waals surface area contributed by atoms with E-state index in [2.05, 4.69) is 15.9 Å². The van der Waals surface area contributed by atoms with Crippen LogP contribution in [0.1, 0.15) is 10.4 Å². The molecule has 0 radical (unpaired) electrons. The molecule has 2 aromatic carbocycles. The van der Waals surface area contributed by atoms with Crippen LogP contribution in [0.3, 0.4) is 0 Å². The molecule has 3 nitrogen and oxygen atoms in total. The SMILES string of the molecule is O=C(O)c1ccc(Oc2cc(Cl)c(Cl)cc2Cl)c(F)c1Br. The van der Waals surface area contributed by atoms with Gasteiger partial charge >= 0.3 is 5.97 Å². The van der Waals surface area contributed by atoms with Crippen molar-refractivity contribution in [3.8, 4) is 11.5 Å². The smallest absolute Gasteiger partial charge is 0.336 e. The van der Waals surface area contributed by atoms with E-state index in [1.54, 1.807) is 0 Å². The van der Waals surface area contributed by atoms with Gasteiger partial charge < -0.3 is 9.84 Å². The maximum Gasteiger partial charge on any atom is 0.336 e. The molecule has 0 aromatic heterocycles. The number of benzene rings is 2. The molecule has 0 unspecified atom stereocenters. The van der Waals surface area contributed by atoms with E-state index >= 15 is 0 Å². The van der Waals surface area contributed by atoms with E-state index in [0.29, 0.717) is 0 Å². The molecular weight excluding hydrogens is 409 g/mol. The third-order valence-electron chi connectivity index (χ3n) is 2.47. The summed E-state index contributed by atoms with van der Waals surface area (Å²) in [5.74, 6) is -2.23. The van der Waals surface area contributed by atoms with E-state index in [1.165, 1.54) is 24.3 Å². The van der Waals surface area contributed by atoms with Crippen LogP contribution >= 0.6 is 50.7 Å². The van der Waals surface area contributed by atoms with E-state index in [0.717, 1.165) is 0 Å². The first-order chi connectivity index (χ1) is 9.81. The second-order valence-electron chi connectivity index (χ2n) is 3.84. The fourth-order valence-corrected chi connectivity index (χ4v) is 2.55. The highest BCUT2D eigenvalue weighted by Gasteiger charge is 2.18. The number of ether oxygens (including phenoxy) is 1. The van der Waals surface area contributed by atoms with Gasteiger partial charge in [0.05, 0.1) is 25.1 Å². The molecule has 0 saturated heterocycles. The zero-order valence-corrected chi connectivity index (χ0v) is 13.8. The van der Waals surface area contributed by atoms with Crippen LogP contribution in [0.4, 0.5) is 4.39 Å². The first kappa shape index (κ1) is 16.4. The van der Waals surface area contributed by atoms with Crippen molar-refractivity contribution in [1.29, 1.82) is 0 Å². The van der Waals surface area contributed by atoms with Crippen molar-refractivity contribution in [1.82, 2.24) is 0 Å². The van der Waals surface area contributed by atoms with Gasteiger partial charge in [-0.05, 0) is 34.1 Å². The number of hydrogen-bond acceptors (Lipinski definition) is 2. The fourth-order valence-electron chi connectivity index (χ4n) is 1.48. The van der Waals surface area contributed by atoms with Crippen molar-refractivity contribution in [2.24, 2.45) is 0 Å². The Morgan fingerprint density at radius 2 is 1.71 bits per heavy atom. The number of hydrogen-bond donors (Lipinski definition) is 1. The summed E-state index contributed by atoms with van der Waals surface area (Å²) in [6.07, 6.45) is 0. The van der Waals surface area contributed by atoms with Crippen molar-refractivity contribution >= 4 is 56.7 Å². The molecule has 1 N–H and O–H groups in total. The Kier molecular flexibility index (Phi) is 4.99. The molecule has 0 fully saturated rings. The lowest BCUT2D eigenvalue weighted by Gasteiger charge is -2.11. The summed E-state index contributed by atoms with van der Waals surface area (Å²) in [6, 6.07) is 5.09. The van der Waals surface area contributed by atoms with Gasteiger partial charge in [0.2, 0.25) is 0 Å². The molecule has 0 amide bonds. The second kappa shape index (κ2) is 6.40. The molecule has 8 heteroatoms. The predicted octanol–water partition coefficient (Wildman–Crippen LogP) is 6.04. The van der Waals surface area contributed by atoms with Gasteiger partial charge in [-0.1, -0.05) is 34.8 Å². The molecule has 0 saturated carbocycles. The Hall–Kier alpha value is -1.01. The van der Waals surface area contributed by atoms with Gasteiger partial charge in [0.15, 0.2) is 11.6 Å². The number of rotatable bonds is 3. The first-order valence-corrected chi connectivity index (χ1v) is 7.27. The van der Waals surface area contributed by atoms with E-state index in [1.807, 2.05) is 0 Å². The number of carboxylic acid groups (broad SMARTS) is 1. The van der Waals surface area contributed by atoms with Crippen molar-refractivity contribution in [2.75, 3.05) is 0 Å². The highest BCUT2D eigenvalue weighted by atomic mass is 79.9. The Bertz CT molecular complexity index is 737. The van der Waals surface area contributed by atoms with Crippen LogP contribution in [0.25, 0.3) is 0 Å². The van der Waals surface area contributed by atoms with Crippen LogP contribution in [-0.2, 0) is 0 Å². The molecule has 2 aromatic rings. The van der Waals surface area contributed by atoms with Gasteiger partial charge in [-0.3, -0.25) is 0 Å². The standard InChI is InChI=1S/C13H5BrCl3FO3/c14-11-5(13(19)20)1-2-9(12(11)18)21-10-4-7(16)6(15)3-8(10)17/h1-4H,(H,19,20). The quantitative estimate of drug-likeness (QED) is 0.623. The summed E-state index contributed by atoms with van der Waals surface area (Å²) in [5.41, 5.74) is -0.222. The highest BCUT2D eigenvalue weighted by molar-refractivity contribution is 9.10. The van der Waals surface area contributed by atoms with Gasteiger partial charge in [-0.15, -0.1) is 0 Å². The van der Waals surface area contributed by atoms with Crippen molar-refractivity contribution in [3.05, 3.63) is 55.2 Å². The second-order valence-corrected chi connectivity index (χ2v) is 5.86. The monoisotopic (exact) mass is 412 g/mol. The van der Waals surface area contributed by atoms with E-state index in [4.69, 9.17) is 44.6 Å². The molecular formula is C13H5BrCl3FO3. The van der Waals surface area contributed by atoms with Gasteiger partial charge in [0.25, 0.3) is 0 Å². The summed E-state index contributed by atoms with van der Waals surface area (Å²) in [4.78, 5) is 10.9. The van der Waals surface area contributed by atoms with Crippen LogP contribution in [-0.4, -0.2) is 11.1 Å². The van der Waals surface area contributed by atoms with Gasteiger partial charge in [-0.2, -0.15) is 0 Å². The maximum absolute atomic E-state index is 14.1. The zero-order valence-electron chi connectivity index (χ0n) is 9.96. The minimum Gasteiger partial charge on any atom is -0.478 e. The summed E-state index contributed by atoms with van der Waals surface area (Å²) < 4.78 is 19.2. The van der Waals surface area contributed by atoms with Crippen LogP contribution in [0.15, 0.2) is 28.7 Å². The van der Waals surface area contributed by atoms with Crippen LogP contribution in [0, 0.1) is 5.82 Å². The van der Waals surface area contributed by atoms with E-state index < -0.39 is 11.8 Å². The number of halogens is 5. The van der Waals surface area contributed by atoms with Crippen LogP contribution < -0.4 is 4.74 Å². The molecule has 0 heterocycles. The Morgan fingerprint density at radius 1 is 1.10 bits per heavy atom. The zero-order chi connectivity index (χ0) is 15.7. The molecule has 0 aliphatic carbocycles. The van der Waals surface area contributed by atoms with E-state index in [9.17, 15) is 9.18 Å². The largest absolute Gasteiger partial charge is 0.478 e. The average Bonchev–Trinajstić information content (AvgIpc) is 2.40. The van der Waals surface area contributed by atoms with Crippen molar-refractivity contribution < 1.29 is 19.0 Å². The molecule has 0 aliphatic rings. The topological polar surface area (TPSA) is 46.5 Å². The Morgan fingerprint density at radius 3 is 2.33 bits per heavy atom. The van der Waals surface area contributed by atoms with Gasteiger partial charge in [0, 0.05) is 6.07 Å². The molecule has 21 heavy (non-hydrogen) atoms. The molecule has 0 atom stereocenters. The summed E-state index contributed by atoms with van der Waals surface area (Å²) in [7, 11) is 0. The minimum absolute atomic E-state index is 0.0972. The summed E-state index contributed by atoms with van der Waals surface area (Å²) in [6.45, 7) is 0. The predicted molar refractivity (Wildman–Crippen MR) is 82.6 cm³/mol. The summed E-state index contributed by atoms with van der Waals surface area (Å²) in [5, 5.41) is 9.46. The third kappa shape index (κ3) is 3.43. The number of carboxylic acids is 1. The normalized spacial score (nSPS) is 10.5. The maximum atomic E-state index is 14.1. The van der Waals surface area contributed by atoms with Gasteiger partial charge in [-0.25, -0.2) is 9.18 Å². The highest BCUT2D eigenvalue weighted by Crippen LogP contribution is 2.38. The van der Waals surface area contributed by atoms with E-state index in [-0.39, 0.29) is 36.6 Å². The molecule has 110 valence electrons. The lowest BCUT2D eigenvalue weighted by molar-refractivity contribution is 0.0695. The lowest BCUT2D eigenvalue weighted by Crippen LogP contribution is -2.00. The van der Waals surface area contributed by atoms with Crippen LogP contribution in [0.2, 0.25) is 15.1 Å². The molecule has 0 spiro atoms. The Balaban J connectivity index is 2.43. The molecule has 0 aliphatic heterocycles. The average molecular weight is 414 g/mol. The fraction of sp³-hybridized carbons (Fsp3) is 0. The lowest BCUT2D eigenvalue weighted by atomic mass is 10.2. The van der Waals surface area contributed by atoms with Crippen molar-refractivity contribution in [2.45, 2.75) is 0 Å². The van der Waals surface area contributed by atoms with Gasteiger partial charge in [0.1, 0.15) is 5.75 Å². The van der Waals surface area contributed by atoms with Crippen molar-refractivity contribution in [3.63, 3.8) is 0 Å². The first-order valence-electron chi connectivity index (χ1n) is 5.35. The minimum atomic E-state index is -1.26. The Labute approximate surface area is 142 Å². The molecule has 0 bridgehead atoms. The summed E-state index contributed by atoms with van der Waals surface area (Å²) >= 11 is 20.4. The van der Waals surface area contributed by atoms with Crippen LogP contribution in [0.5, 0.6) is 11.5 Å². The third-order valence-corrected chi connectivity index (χ3v) is 4.26. The number of aromatic carboxylic acids is 1. The number of carbonyl (C=O) groups is 1.